The summed E-state index contributed by atoms with van der Waals surface area (Å²) in [5, 5.41) is 0. The summed E-state index contributed by atoms with van der Waals surface area (Å²) in [6.07, 6.45) is 4.05. The number of hydrogen-bond acceptors (Lipinski definition) is 0. The van der Waals surface area contributed by atoms with E-state index in [4.69, 9.17) is 0 Å². The summed E-state index contributed by atoms with van der Waals surface area (Å²) >= 11 is 0. The Morgan fingerprint density at radius 3 is 1.20 bits per heavy atom. The molecule has 0 aliphatic rings. The predicted molar refractivity (Wildman–Crippen MR) is 301 cm³/mol. The quantitative estimate of drug-likeness (QED) is 0.102. The summed E-state index contributed by atoms with van der Waals surface area (Å²) in [4.78, 5) is 0. The van der Waals surface area contributed by atoms with E-state index < -0.39 is 0 Å². The van der Waals surface area contributed by atoms with Gasteiger partial charge in [0.05, 0.1) is 0 Å². The molecule has 0 saturated heterocycles. The summed E-state index contributed by atoms with van der Waals surface area (Å²) in [6, 6.07) is 53.0. The Hall–Kier alpha value is -5.53. The second-order valence-electron chi connectivity index (χ2n) is 24.7. The number of aryl methyl sites for hydroxylation is 1. The van der Waals surface area contributed by atoms with E-state index in [0.29, 0.717) is 17.8 Å². The summed E-state index contributed by atoms with van der Waals surface area (Å²) < 4.78 is 2.63. The molecular weight excluding hydrogens is 831 g/mol. The lowest BCUT2D eigenvalue weighted by molar-refractivity contribution is -0.572. The lowest BCUT2D eigenvalue weighted by Crippen LogP contribution is -2.37. The van der Waals surface area contributed by atoms with E-state index in [0.717, 1.165) is 25.7 Å². The fourth-order valence-electron chi connectivity index (χ4n) is 10.2. The molecule has 7 aromatic rings. The Bertz CT molecular complexity index is 2850. The Labute approximate surface area is 419 Å². The van der Waals surface area contributed by atoms with Gasteiger partial charge in [-0.1, -0.05) is 196 Å². The van der Waals surface area contributed by atoms with E-state index in [1.54, 1.807) is 0 Å². The van der Waals surface area contributed by atoms with Crippen LogP contribution < -0.4 is 4.57 Å². The van der Waals surface area contributed by atoms with Gasteiger partial charge >= 0.3 is 0 Å². The first-order valence-electron chi connectivity index (χ1n) is 26.2. The van der Waals surface area contributed by atoms with Crippen LogP contribution in [0.4, 0.5) is 0 Å². The van der Waals surface area contributed by atoms with Gasteiger partial charge in [-0.2, -0.15) is 4.57 Å². The smallest absolute Gasteiger partial charge is 0.153 e. The van der Waals surface area contributed by atoms with E-state index in [-0.39, 0.29) is 16.2 Å². The van der Waals surface area contributed by atoms with Gasteiger partial charge in [0.1, 0.15) is 0 Å². The zero-order valence-electron chi connectivity index (χ0n) is 45.7. The minimum Gasteiger partial charge on any atom is -0.153 e. The highest BCUT2D eigenvalue weighted by molar-refractivity contribution is 5.82. The molecule has 7 rings (SSSR count). The van der Waals surface area contributed by atoms with Gasteiger partial charge in [-0.25, -0.2) is 0 Å². The van der Waals surface area contributed by atoms with Crippen molar-refractivity contribution in [3.05, 3.63) is 178 Å². The first-order chi connectivity index (χ1) is 32.4. The molecule has 0 N–H and O–H groups in total. The van der Waals surface area contributed by atoms with Crippen LogP contribution in [0, 0.1) is 24.7 Å². The van der Waals surface area contributed by atoms with Crippen molar-refractivity contribution in [1.29, 1.82) is 0 Å². The fourth-order valence-corrected chi connectivity index (χ4v) is 10.2. The Morgan fingerprint density at radius 2 is 0.783 bits per heavy atom. The third kappa shape index (κ3) is 12.3. The molecule has 360 valence electrons. The topological polar surface area (TPSA) is 3.88 Å². The maximum atomic E-state index is 2.63. The molecule has 1 heterocycles. The highest BCUT2D eigenvalue weighted by atomic mass is 15.0. The third-order valence-electron chi connectivity index (χ3n) is 13.8. The van der Waals surface area contributed by atoms with Crippen LogP contribution in [0.25, 0.3) is 61.6 Å². The number of benzene rings is 6. The molecule has 0 saturated carbocycles. The van der Waals surface area contributed by atoms with Crippen molar-refractivity contribution in [2.24, 2.45) is 17.8 Å². The van der Waals surface area contributed by atoms with E-state index >= 15 is 0 Å². The van der Waals surface area contributed by atoms with Crippen LogP contribution in [0.1, 0.15) is 155 Å². The van der Waals surface area contributed by atoms with Crippen LogP contribution in [0.2, 0.25) is 0 Å². The summed E-state index contributed by atoms with van der Waals surface area (Å²) in [5.74, 6) is 1.67. The first-order valence-corrected chi connectivity index (χ1v) is 26.2. The van der Waals surface area contributed by atoms with Crippen molar-refractivity contribution in [1.82, 2.24) is 0 Å². The van der Waals surface area contributed by atoms with Gasteiger partial charge in [-0.15, -0.1) is 0 Å². The highest BCUT2D eigenvalue weighted by Gasteiger charge is 2.30. The highest BCUT2D eigenvalue weighted by Crippen LogP contribution is 2.40. The summed E-state index contributed by atoms with van der Waals surface area (Å²) in [5.41, 5.74) is 24.5. The normalized spacial score (nSPS) is 12.5. The monoisotopic (exact) mass is 915 g/mol. The number of pyridine rings is 1. The molecular formula is C68H84N+. The maximum Gasteiger partial charge on any atom is 0.219 e. The molecule has 0 bridgehead atoms. The van der Waals surface area contributed by atoms with E-state index in [9.17, 15) is 0 Å². The molecule has 0 amide bonds. The molecule has 0 aliphatic carbocycles. The minimum atomic E-state index is -0.0319. The van der Waals surface area contributed by atoms with E-state index in [1.807, 2.05) is 0 Å². The lowest BCUT2D eigenvalue weighted by Gasteiger charge is -2.22. The molecule has 0 aliphatic heterocycles. The van der Waals surface area contributed by atoms with Crippen molar-refractivity contribution < 1.29 is 4.57 Å². The van der Waals surface area contributed by atoms with Gasteiger partial charge in [0.25, 0.3) is 0 Å². The molecule has 0 spiro atoms. The van der Waals surface area contributed by atoms with Crippen molar-refractivity contribution in [3.63, 3.8) is 0 Å². The standard InChI is InChI=1S/C68H84N/c1-18-61-62(52-21-19-48(20-22-52)31-44(2)3)42-60(43-63(61)53-25-29-58(30-26-53)67(12,13)14)69-64(55-34-47(8)35-59(39-55)68(15,16)17)40-54(51-23-27-57(28-24-51)66(9,10)11)41-65(69)56-37-49(32-45(4)5)36-50(38-56)33-46(6)7/h19-30,34-46H,18,31-33H2,1-17H3/q+1. The van der Waals surface area contributed by atoms with Crippen molar-refractivity contribution >= 4 is 0 Å². The zero-order chi connectivity index (χ0) is 50.2. The second kappa shape index (κ2) is 20.4. The zero-order valence-corrected chi connectivity index (χ0v) is 45.7. The van der Waals surface area contributed by atoms with Gasteiger partial charge < -0.3 is 0 Å². The van der Waals surface area contributed by atoms with Crippen LogP contribution in [-0.2, 0) is 41.9 Å². The van der Waals surface area contributed by atoms with Gasteiger partial charge in [0.15, 0.2) is 0 Å². The number of aromatic nitrogens is 1. The molecule has 0 unspecified atom stereocenters. The molecule has 0 radical (unpaired) electrons. The predicted octanol–water partition coefficient (Wildman–Crippen LogP) is 18.7. The van der Waals surface area contributed by atoms with Gasteiger partial charge in [0.2, 0.25) is 17.1 Å². The molecule has 69 heavy (non-hydrogen) atoms. The van der Waals surface area contributed by atoms with Gasteiger partial charge in [-0.05, 0) is 169 Å². The number of rotatable bonds is 13. The minimum absolute atomic E-state index is 0.0319. The van der Waals surface area contributed by atoms with Crippen LogP contribution in [-0.4, -0.2) is 0 Å². The molecule has 1 heteroatoms. The lowest BCUT2D eigenvalue weighted by atomic mass is 9.84. The molecule has 6 aromatic carbocycles. The SMILES string of the molecule is CCc1c(-c2ccc(CC(C)C)cc2)cc(-[n+]2c(-c3cc(CC(C)C)cc(CC(C)C)c3)cc(-c3ccc(C(C)(C)C)cc3)cc2-c2cc(C)cc(C(C)(C)C)c2)cc1-c1ccc(C(C)(C)C)cc1. The summed E-state index contributed by atoms with van der Waals surface area (Å²) in [7, 11) is 0. The van der Waals surface area contributed by atoms with E-state index in [2.05, 4.69) is 256 Å². The molecule has 0 fully saturated rings. The van der Waals surface area contributed by atoms with Crippen molar-refractivity contribution in [2.45, 2.75) is 160 Å². The van der Waals surface area contributed by atoms with Crippen molar-refractivity contribution in [2.75, 3.05) is 0 Å². The maximum absolute atomic E-state index is 2.63. The van der Waals surface area contributed by atoms with Crippen LogP contribution in [0.15, 0.2) is 133 Å². The Balaban J connectivity index is 1.67. The van der Waals surface area contributed by atoms with Crippen molar-refractivity contribution in [3.8, 4) is 61.6 Å². The Kier molecular flexibility index (Phi) is 15.2. The van der Waals surface area contributed by atoms with Gasteiger partial charge in [0, 0.05) is 35.4 Å². The largest absolute Gasteiger partial charge is 0.219 e. The average Bonchev–Trinajstić information content (AvgIpc) is 3.26. The fraction of sp³-hybridized carbons (Fsp3) is 0.397. The van der Waals surface area contributed by atoms with E-state index in [1.165, 1.54) is 106 Å². The first kappa shape index (κ1) is 51.3. The van der Waals surface area contributed by atoms with Crippen LogP contribution >= 0.6 is 0 Å². The van der Waals surface area contributed by atoms with Gasteiger partial charge in [-0.3, -0.25) is 0 Å². The summed E-state index contributed by atoms with van der Waals surface area (Å²) in [6.45, 7) is 39.5. The second-order valence-corrected chi connectivity index (χ2v) is 24.7. The Morgan fingerprint density at radius 1 is 0.377 bits per heavy atom. The molecule has 1 aromatic heterocycles. The van der Waals surface area contributed by atoms with Crippen LogP contribution in [0.5, 0.6) is 0 Å². The number of hydrogen-bond donors (Lipinski definition) is 0. The molecule has 1 nitrogen and oxygen atoms in total. The molecule has 0 atom stereocenters. The van der Waals surface area contributed by atoms with Crippen LogP contribution in [0.3, 0.4) is 0 Å². The average molecular weight is 915 g/mol. The third-order valence-corrected chi connectivity index (χ3v) is 13.8. The number of nitrogens with zero attached hydrogens (tertiary/aromatic N) is 1.